The van der Waals surface area contributed by atoms with E-state index in [1.807, 2.05) is 6.07 Å². The highest BCUT2D eigenvalue weighted by atomic mass is 16.5. The van der Waals surface area contributed by atoms with E-state index in [1.165, 1.54) is 6.08 Å². The number of benzene rings is 1. The standard InChI is InChI=1S/C15H10N2O3/c16-9-12-8-11(4-6-15(18)19)3-5-14(12)20-13-2-1-7-17-10-13/h1-8,10H,(H,18,19)/b6-4+. The molecule has 0 amide bonds. The molecule has 5 nitrogen and oxygen atoms in total. The van der Waals surface area contributed by atoms with Crippen molar-refractivity contribution >= 4 is 12.0 Å². The van der Waals surface area contributed by atoms with Gasteiger partial charge in [0.15, 0.2) is 0 Å². The first-order chi connectivity index (χ1) is 9.69. The van der Waals surface area contributed by atoms with Gasteiger partial charge in [-0.3, -0.25) is 4.98 Å². The van der Waals surface area contributed by atoms with Crippen LogP contribution in [0.2, 0.25) is 0 Å². The van der Waals surface area contributed by atoms with Crippen LogP contribution in [0.5, 0.6) is 11.5 Å². The maximum Gasteiger partial charge on any atom is 0.328 e. The van der Waals surface area contributed by atoms with Crippen molar-refractivity contribution in [3.05, 3.63) is 59.9 Å². The summed E-state index contributed by atoms with van der Waals surface area (Å²) in [6, 6.07) is 10.3. The minimum absolute atomic E-state index is 0.321. The molecule has 0 aliphatic rings. The lowest BCUT2D eigenvalue weighted by molar-refractivity contribution is -0.131. The van der Waals surface area contributed by atoms with E-state index >= 15 is 0 Å². The molecule has 5 heteroatoms. The molecule has 1 N–H and O–H groups in total. The quantitative estimate of drug-likeness (QED) is 0.860. The summed E-state index contributed by atoms with van der Waals surface area (Å²) >= 11 is 0. The van der Waals surface area contributed by atoms with Gasteiger partial charge in [0.2, 0.25) is 0 Å². The summed E-state index contributed by atoms with van der Waals surface area (Å²) in [6.07, 6.45) is 5.59. The minimum atomic E-state index is -1.04. The number of aromatic nitrogens is 1. The molecular weight excluding hydrogens is 256 g/mol. The lowest BCUT2D eigenvalue weighted by Gasteiger charge is -2.07. The molecule has 0 unspecified atom stereocenters. The number of rotatable bonds is 4. The maximum atomic E-state index is 10.5. The highest BCUT2D eigenvalue weighted by molar-refractivity contribution is 5.85. The molecule has 1 aromatic carbocycles. The molecule has 0 saturated carbocycles. The molecule has 0 bridgehead atoms. The Morgan fingerprint density at radius 1 is 1.40 bits per heavy atom. The van der Waals surface area contributed by atoms with Gasteiger partial charge >= 0.3 is 5.97 Å². The Kier molecular flexibility index (Phi) is 4.10. The molecule has 0 fully saturated rings. The molecule has 0 atom stereocenters. The molecule has 98 valence electrons. The monoisotopic (exact) mass is 266 g/mol. The summed E-state index contributed by atoms with van der Waals surface area (Å²) in [5, 5.41) is 17.7. The van der Waals surface area contributed by atoms with Crippen molar-refractivity contribution in [2.75, 3.05) is 0 Å². The fraction of sp³-hybridized carbons (Fsp3) is 0. The molecule has 0 aliphatic carbocycles. The van der Waals surface area contributed by atoms with Gasteiger partial charge in [-0.2, -0.15) is 5.26 Å². The summed E-state index contributed by atoms with van der Waals surface area (Å²) in [7, 11) is 0. The average Bonchev–Trinajstić information content (AvgIpc) is 2.47. The molecule has 1 heterocycles. The predicted molar refractivity (Wildman–Crippen MR) is 72.1 cm³/mol. The molecule has 0 radical (unpaired) electrons. The number of carbonyl (C=O) groups is 1. The SMILES string of the molecule is N#Cc1cc(/C=C/C(=O)O)ccc1Oc1cccnc1. The van der Waals surface area contributed by atoms with E-state index in [-0.39, 0.29) is 0 Å². The zero-order chi connectivity index (χ0) is 14.4. The van der Waals surface area contributed by atoms with Gasteiger partial charge in [0.1, 0.15) is 17.6 Å². The molecule has 0 spiro atoms. The van der Waals surface area contributed by atoms with E-state index in [0.717, 1.165) is 6.08 Å². The lowest BCUT2D eigenvalue weighted by atomic mass is 10.1. The van der Waals surface area contributed by atoms with Crippen molar-refractivity contribution in [3.8, 4) is 17.6 Å². The fourth-order valence-electron chi connectivity index (χ4n) is 1.53. The van der Waals surface area contributed by atoms with Gasteiger partial charge in [-0.15, -0.1) is 0 Å². The second kappa shape index (κ2) is 6.16. The lowest BCUT2D eigenvalue weighted by Crippen LogP contribution is -1.90. The van der Waals surface area contributed by atoms with Crippen LogP contribution in [0.25, 0.3) is 6.08 Å². The number of nitriles is 1. The van der Waals surface area contributed by atoms with Crippen molar-refractivity contribution in [2.45, 2.75) is 0 Å². The molecule has 20 heavy (non-hydrogen) atoms. The minimum Gasteiger partial charge on any atom is -0.478 e. The predicted octanol–water partition coefficient (Wildman–Crippen LogP) is 2.84. The Bertz CT molecular complexity index is 688. The van der Waals surface area contributed by atoms with E-state index in [1.54, 1.807) is 42.7 Å². The van der Waals surface area contributed by atoms with Gasteiger partial charge in [0, 0.05) is 12.3 Å². The van der Waals surface area contributed by atoms with Gasteiger partial charge in [-0.1, -0.05) is 6.07 Å². The van der Waals surface area contributed by atoms with E-state index < -0.39 is 5.97 Å². The number of hydrogen-bond donors (Lipinski definition) is 1. The largest absolute Gasteiger partial charge is 0.478 e. The molecular formula is C15H10N2O3. The third-order valence-corrected chi connectivity index (χ3v) is 2.40. The van der Waals surface area contributed by atoms with Crippen LogP contribution in [0, 0.1) is 11.3 Å². The van der Waals surface area contributed by atoms with E-state index in [0.29, 0.717) is 22.6 Å². The molecule has 2 rings (SSSR count). The number of carboxylic acids is 1. The molecule has 0 aliphatic heterocycles. The normalized spacial score (nSPS) is 10.2. The first-order valence-corrected chi connectivity index (χ1v) is 5.72. The third-order valence-electron chi connectivity index (χ3n) is 2.40. The third kappa shape index (κ3) is 3.43. The summed E-state index contributed by atoms with van der Waals surface area (Å²) in [4.78, 5) is 14.4. The Morgan fingerprint density at radius 3 is 2.90 bits per heavy atom. The van der Waals surface area contributed by atoms with Crippen molar-refractivity contribution in [1.82, 2.24) is 4.98 Å². The highest BCUT2D eigenvalue weighted by Gasteiger charge is 2.05. The topological polar surface area (TPSA) is 83.2 Å². The summed E-state index contributed by atoms with van der Waals surface area (Å²) in [5.41, 5.74) is 0.934. The van der Waals surface area contributed by atoms with Crippen molar-refractivity contribution in [3.63, 3.8) is 0 Å². The zero-order valence-electron chi connectivity index (χ0n) is 10.4. The number of pyridine rings is 1. The summed E-state index contributed by atoms with van der Waals surface area (Å²) < 4.78 is 5.56. The van der Waals surface area contributed by atoms with Crippen LogP contribution in [0.15, 0.2) is 48.8 Å². The van der Waals surface area contributed by atoms with Crippen LogP contribution in [0.1, 0.15) is 11.1 Å². The van der Waals surface area contributed by atoms with Crippen molar-refractivity contribution in [1.29, 1.82) is 5.26 Å². The van der Waals surface area contributed by atoms with Gasteiger partial charge < -0.3 is 9.84 Å². The molecule has 2 aromatic rings. The second-order valence-electron chi connectivity index (χ2n) is 3.83. The Labute approximate surface area is 115 Å². The van der Waals surface area contributed by atoms with Crippen LogP contribution in [-0.2, 0) is 4.79 Å². The van der Waals surface area contributed by atoms with Crippen LogP contribution in [0.3, 0.4) is 0 Å². The molecule has 1 aromatic heterocycles. The fourth-order valence-corrected chi connectivity index (χ4v) is 1.53. The van der Waals surface area contributed by atoms with Gasteiger partial charge in [-0.05, 0) is 35.9 Å². The second-order valence-corrected chi connectivity index (χ2v) is 3.83. The number of aliphatic carboxylic acids is 1. The Morgan fingerprint density at radius 2 is 2.25 bits per heavy atom. The van der Waals surface area contributed by atoms with Gasteiger partial charge in [-0.25, -0.2) is 4.79 Å². The van der Waals surface area contributed by atoms with Gasteiger partial charge in [0.05, 0.1) is 11.8 Å². The average molecular weight is 266 g/mol. The zero-order valence-corrected chi connectivity index (χ0v) is 10.4. The number of carboxylic acid groups (broad SMARTS) is 1. The van der Waals surface area contributed by atoms with Crippen LogP contribution in [0.4, 0.5) is 0 Å². The first kappa shape index (κ1) is 13.3. The van der Waals surface area contributed by atoms with E-state index in [9.17, 15) is 4.79 Å². The van der Waals surface area contributed by atoms with E-state index in [4.69, 9.17) is 15.1 Å². The van der Waals surface area contributed by atoms with Crippen LogP contribution in [-0.4, -0.2) is 16.1 Å². The summed E-state index contributed by atoms with van der Waals surface area (Å²) in [5.74, 6) is -0.120. The maximum absolute atomic E-state index is 10.5. The Hall–Kier alpha value is -3.13. The number of nitrogens with zero attached hydrogens (tertiary/aromatic N) is 2. The van der Waals surface area contributed by atoms with Gasteiger partial charge in [0.25, 0.3) is 0 Å². The van der Waals surface area contributed by atoms with E-state index in [2.05, 4.69) is 4.98 Å². The number of hydrogen-bond acceptors (Lipinski definition) is 4. The highest BCUT2D eigenvalue weighted by Crippen LogP contribution is 2.25. The smallest absolute Gasteiger partial charge is 0.328 e. The van der Waals surface area contributed by atoms with Crippen LogP contribution >= 0.6 is 0 Å². The Balaban J connectivity index is 2.27. The van der Waals surface area contributed by atoms with Crippen LogP contribution < -0.4 is 4.74 Å². The summed E-state index contributed by atoms with van der Waals surface area (Å²) in [6.45, 7) is 0. The number of ether oxygens (including phenoxy) is 1. The van der Waals surface area contributed by atoms with Crippen molar-refractivity contribution in [2.24, 2.45) is 0 Å². The first-order valence-electron chi connectivity index (χ1n) is 5.72. The molecule has 0 saturated heterocycles. The van der Waals surface area contributed by atoms with Crippen molar-refractivity contribution < 1.29 is 14.6 Å².